The van der Waals surface area contributed by atoms with Gasteiger partial charge < -0.3 is 18.9 Å². The quantitative estimate of drug-likeness (QED) is 0.692. The molecule has 0 saturated heterocycles. The number of hydrogen-bond acceptors (Lipinski definition) is 6. The largest absolute Gasteiger partial charge is 0.497 e. The van der Waals surface area contributed by atoms with Crippen molar-refractivity contribution in [3.05, 3.63) is 54.4 Å². The van der Waals surface area contributed by atoms with Crippen LogP contribution in [0.4, 0.5) is 5.69 Å². The van der Waals surface area contributed by atoms with Crippen molar-refractivity contribution in [1.29, 1.82) is 0 Å². The standard InChI is InChI=1S/C18H19N3O3/c1-21(2)14-6-4-13(5-7-14)18-19-17(24-20-18)12-23-16-10-8-15(22-3)9-11-16/h4-11H,12H2,1-3H3. The zero-order valence-electron chi connectivity index (χ0n) is 13.9. The van der Waals surface area contributed by atoms with Gasteiger partial charge in [-0.2, -0.15) is 4.98 Å². The lowest BCUT2D eigenvalue weighted by atomic mass is 10.2. The maximum Gasteiger partial charge on any atom is 0.264 e. The van der Waals surface area contributed by atoms with Crippen LogP contribution in [-0.4, -0.2) is 31.3 Å². The third kappa shape index (κ3) is 3.65. The van der Waals surface area contributed by atoms with Crippen LogP contribution in [0.3, 0.4) is 0 Å². The predicted molar refractivity (Wildman–Crippen MR) is 91.4 cm³/mol. The van der Waals surface area contributed by atoms with E-state index in [0.717, 1.165) is 17.0 Å². The predicted octanol–water partition coefficient (Wildman–Crippen LogP) is 3.39. The molecular weight excluding hydrogens is 306 g/mol. The van der Waals surface area contributed by atoms with Crippen LogP contribution in [-0.2, 0) is 6.61 Å². The average molecular weight is 325 g/mol. The smallest absolute Gasteiger partial charge is 0.264 e. The molecule has 6 nitrogen and oxygen atoms in total. The Morgan fingerprint density at radius 3 is 2.25 bits per heavy atom. The molecule has 0 amide bonds. The minimum absolute atomic E-state index is 0.217. The van der Waals surface area contributed by atoms with Crippen LogP contribution in [0.1, 0.15) is 5.89 Å². The first-order valence-electron chi connectivity index (χ1n) is 7.53. The highest BCUT2D eigenvalue weighted by molar-refractivity contribution is 5.59. The fourth-order valence-corrected chi connectivity index (χ4v) is 2.16. The number of benzene rings is 2. The van der Waals surface area contributed by atoms with Gasteiger partial charge in [-0.25, -0.2) is 0 Å². The third-order valence-electron chi connectivity index (χ3n) is 3.53. The normalized spacial score (nSPS) is 10.5. The summed E-state index contributed by atoms with van der Waals surface area (Å²) in [5.74, 6) is 2.47. The van der Waals surface area contributed by atoms with Gasteiger partial charge in [-0.05, 0) is 48.5 Å². The molecule has 0 atom stereocenters. The van der Waals surface area contributed by atoms with Gasteiger partial charge in [0, 0.05) is 25.3 Å². The molecule has 3 rings (SSSR count). The van der Waals surface area contributed by atoms with Gasteiger partial charge in [-0.1, -0.05) is 5.16 Å². The molecule has 124 valence electrons. The summed E-state index contributed by atoms with van der Waals surface area (Å²) in [5.41, 5.74) is 2.02. The van der Waals surface area contributed by atoms with Gasteiger partial charge in [-0.15, -0.1) is 0 Å². The van der Waals surface area contributed by atoms with Crippen LogP contribution in [0, 0.1) is 0 Å². The second-order valence-corrected chi connectivity index (χ2v) is 5.42. The Bertz CT molecular complexity index is 780. The molecule has 0 unspecified atom stereocenters. The maximum atomic E-state index is 5.63. The first kappa shape index (κ1) is 15.9. The summed E-state index contributed by atoms with van der Waals surface area (Å²) in [6.45, 7) is 0.217. The Kier molecular flexibility index (Phi) is 4.65. The van der Waals surface area contributed by atoms with Gasteiger partial charge in [0.1, 0.15) is 11.5 Å². The van der Waals surface area contributed by atoms with Crippen LogP contribution in [0.5, 0.6) is 11.5 Å². The molecule has 0 bridgehead atoms. The van der Waals surface area contributed by atoms with Gasteiger partial charge in [0.25, 0.3) is 5.89 Å². The Hall–Kier alpha value is -3.02. The van der Waals surface area contributed by atoms with E-state index in [2.05, 4.69) is 10.1 Å². The molecule has 0 saturated carbocycles. The van der Waals surface area contributed by atoms with Crippen molar-refractivity contribution in [2.45, 2.75) is 6.61 Å². The van der Waals surface area contributed by atoms with Crippen molar-refractivity contribution < 1.29 is 14.0 Å². The molecule has 0 spiro atoms. The fourth-order valence-electron chi connectivity index (χ4n) is 2.16. The topological polar surface area (TPSA) is 60.6 Å². The number of ether oxygens (including phenoxy) is 2. The number of aromatic nitrogens is 2. The van der Waals surface area contributed by atoms with Crippen LogP contribution < -0.4 is 14.4 Å². The molecular formula is C18H19N3O3. The number of methoxy groups -OCH3 is 1. The minimum atomic E-state index is 0.217. The fraction of sp³-hybridized carbons (Fsp3) is 0.222. The van der Waals surface area contributed by atoms with Gasteiger partial charge in [0.15, 0.2) is 6.61 Å². The lowest BCUT2D eigenvalue weighted by Crippen LogP contribution is -2.07. The third-order valence-corrected chi connectivity index (χ3v) is 3.53. The number of hydrogen-bond donors (Lipinski definition) is 0. The summed E-state index contributed by atoms with van der Waals surface area (Å²) in [6, 6.07) is 15.3. The summed E-state index contributed by atoms with van der Waals surface area (Å²) in [4.78, 5) is 6.40. The van der Waals surface area contributed by atoms with E-state index in [9.17, 15) is 0 Å². The lowest BCUT2D eigenvalue weighted by Gasteiger charge is -2.11. The van der Waals surface area contributed by atoms with E-state index in [1.807, 2.05) is 67.5 Å². The van der Waals surface area contributed by atoms with Crippen molar-refractivity contribution in [2.24, 2.45) is 0 Å². The van der Waals surface area contributed by atoms with Gasteiger partial charge >= 0.3 is 0 Å². The van der Waals surface area contributed by atoms with E-state index in [1.54, 1.807) is 7.11 Å². The zero-order chi connectivity index (χ0) is 16.9. The van der Waals surface area contributed by atoms with Crippen molar-refractivity contribution in [2.75, 3.05) is 26.1 Å². The van der Waals surface area contributed by atoms with E-state index in [0.29, 0.717) is 17.5 Å². The molecule has 1 heterocycles. The van der Waals surface area contributed by atoms with E-state index >= 15 is 0 Å². The molecule has 6 heteroatoms. The first-order chi connectivity index (χ1) is 11.7. The van der Waals surface area contributed by atoms with Gasteiger partial charge in [0.2, 0.25) is 5.82 Å². The molecule has 0 aliphatic carbocycles. The summed E-state index contributed by atoms with van der Waals surface area (Å²) in [6.07, 6.45) is 0. The summed E-state index contributed by atoms with van der Waals surface area (Å²) in [7, 11) is 5.62. The molecule has 0 N–H and O–H groups in total. The van der Waals surface area contributed by atoms with Crippen molar-refractivity contribution in [3.8, 4) is 22.9 Å². The Balaban J connectivity index is 1.64. The molecule has 0 aliphatic heterocycles. The SMILES string of the molecule is COc1ccc(OCc2nc(-c3ccc(N(C)C)cc3)no2)cc1. The molecule has 0 radical (unpaired) electrons. The molecule has 0 fully saturated rings. The van der Waals surface area contributed by atoms with Crippen LogP contribution >= 0.6 is 0 Å². The average Bonchev–Trinajstić information content (AvgIpc) is 3.09. The van der Waals surface area contributed by atoms with Gasteiger partial charge in [-0.3, -0.25) is 0 Å². The Morgan fingerprint density at radius 1 is 0.958 bits per heavy atom. The van der Waals surface area contributed by atoms with Gasteiger partial charge in [0.05, 0.1) is 7.11 Å². The van der Waals surface area contributed by atoms with E-state index in [-0.39, 0.29) is 6.61 Å². The Labute approximate surface area is 140 Å². The summed E-state index contributed by atoms with van der Waals surface area (Å²) in [5, 5.41) is 4.00. The number of rotatable bonds is 6. The second kappa shape index (κ2) is 7.04. The highest BCUT2D eigenvalue weighted by atomic mass is 16.5. The summed E-state index contributed by atoms with van der Waals surface area (Å²) >= 11 is 0. The minimum Gasteiger partial charge on any atom is -0.497 e. The van der Waals surface area contributed by atoms with E-state index < -0.39 is 0 Å². The van der Waals surface area contributed by atoms with Crippen molar-refractivity contribution in [3.63, 3.8) is 0 Å². The highest BCUT2D eigenvalue weighted by Crippen LogP contribution is 2.21. The molecule has 0 aliphatic rings. The van der Waals surface area contributed by atoms with E-state index in [1.165, 1.54) is 0 Å². The Morgan fingerprint density at radius 2 is 1.62 bits per heavy atom. The molecule has 24 heavy (non-hydrogen) atoms. The zero-order valence-corrected chi connectivity index (χ0v) is 13.9. The monoisotopic (exact) mass is 325 g/mol. The first-order valence-corrected chi connectivity index (χ1v) is 7.53. The van der Waals surface area contributed by atoms with E-state index in [4.69, 9.17) is 14.0 Å². The summed E-state index contributed by atoms with van der Waals surface area (Å²) < 4.78 is 16.0. The molecule has 3 aromatic rings. The van der Waals surface area contributed by atoms with Crippen molar-refractivity contribution in [1.82, 2.24) is 10.1 Å². The lowest BCUT2D eigenvalue weighted by molar-refractivity contribution is 0.242. The highest BCUT2D eigenvalue weighted by Gasteiger charge is 2.09. The number of nitrogens with zero attached hydrogens (tertiary/aromatic N) is 3. The maximum absolute atomic E-state index is 5.63. The van der Waals surface area contributed by atoms with Crippen molar-refractivity contribution >= 4 is 5.69 Å². The molecule has 1 aromatic heterocycles. The van der Waals surface area contributed by atoms with Crippen LogP contribution in [0.2, 0.25) is 0 Å². The molecule has 2 aromatic carbocycles. The van der Waals surface area contributed by atoms with Crippen LogP contribution in [0.25, 0.3) is 11.4 Å². The number of anilines is 1. The second-order valence-electron chi connectivity index (χ2n) is 5.42. The van der Waals surface area contributed by atoms with Crippen LogP contribution in [0.15, 0.2) is 53.1 Å².